The molecule has 6 heteroatoms. The van der Waals surface area contributed by atoms with Gasteiger partial charge in [-0.25, -0.2) is 4.98 Å². The number of thiazole rings is 1. The molecule has 1 heterocycles. The standard InChI is InChI=1S/C17H16N2O3S/c1-8-3-2-4-11-14(8)18-17(23-11)19-15(20)12-9-5-6-10(7-9)13(12)16(21)22/h2-6,9-10,12-13H,7H2,1H3,(H,21,22)(H,18,19,20)/t9-,10+,12+,13+/m1/s1. The first-order valence-corrected chi connectivity index (χ1v) is 8.44. The second-order valence-electron chi connectivity index (χ2n) is 6.27. The number of allylic oxidation sites excluding steroid dienone is 2. The first kappa shape index (κ1) is 14.4. The Morgan fingerprint density at radius 1 is 1.26 bits per heavy atom. The van der Waals surface area contributed by atoms with Crippen molar-refractivity contribution in [1.82, 2.24) is 4.98 Å². The minimum absolute atomic E-state index is 0.0224. The van der Waals surface area contributed by atoms with Crippen LogP contribution in [0.2, 0.25) is 0 Å². The minimum Gasteiger partial charge on any atom is -0.481 e. The highest BCUT2D eigenvalue weighted by molar-refractivity contribution is 7.22. The van der Waals surface area contributed by atoms with E-state index in [1.807, 2.05) is 37.3 Å². The molecule has 0 unspecified atom stereocenters. The number of para-hydroxylation sites is 1. The molecule has 1 fully saturated rings. The lowest BCUT2D eigenvalue weighted by Gasteiger charge is -2.23. The Morgan fingerprint density at radius 3 is 2.70 bits per heavy atom. The molecule has 2 aromatic rings. The molecule has 4 rings (SSSR count). The number of nitrogens with one attached hydrogen (secondary N) is 1. The van der Waals surface area contributed by atoms with E-state index in [2.05, 4.69) is 10.3 Å². The van der Waals surface area contributed by atoms with E-state index in [9.17, 15) is 14.7 Å². The molecule has 2 aliphatic carbocycles. The van der Waals surface area contributed by atoms with E-state index < -0.39 is 17.8 Å². The summed E-state index contributed by atoms with van der Waals surface area (Å²) in [7, 11) is 0. The zero-order valence-corrected chi connectivity index (χ0v) is 13.3. The smallest absolute Gasteiger partial charge is 0.307 e. The zero-order chi connectivity index (χ0) is 16.1. The fourth-order valence-corrected chi connectivity index (χ4v) is 4.79. The molecule has 0 spiro atoms. The Kier molecular flexibility index (Phi) is 3.23. The van der Waals surface area contributed by atoms with Gasteiger partial charge in [0.25, 0.3) is 0 Å². The predicted octanol–water partition coefficient (Wildman–Crippen LogP) is 3.07. The van der Waals surface area contributed by atoms with E-state index in [0.717, 1.165) is 22.2 Å². The number of aryl methyl sites for hydroxylation is 1. The van der Waals surface area contributed by atoms with E-state index >= 15 is 0 Å². The summed E-state index contributed by atoms with van der Waals surface area (Å²) >= 11 is 1.42. The predicted molar refractivity (Wildman–Crippen MR) is 88.3 cm³/mol. The number of nitrogens with zero attached hydrogens (tertiary/aromatic N) is 1. The normalized spacial score (nSPS) is 28.4. The van der Waals surface area contributed by atoms with Crippen molar-refractivity contribution in [1.29, 1.82) is 0 Å². The topological polar surface area (TPSA) is 79.3 Å². The SMILES string of the molecule is Cc1cccc2sc(NC(=O)[C@@H]3[C@@H](C(=O)O)[C@H]4C=C[C@@H]3C4)nc12. The molecule has 5 nitrogen and oxygen atoms in total. The summed E-state index contributed by atoms with van der Waals surface area (Å²) in [6, 6.07) is 5.91. The van der Waals surface area contributed by atoms with Crippen LogP contribution in [0, 0.1) is 30.6 Å². The lowest BCUT2D eigenvalue weighted by Crippen LogP contribution is -2.36. The van der Waals surface area contributed by atoms with E-state index in [-0.39, 0.29) is 17.7 Å². The van der Waals surface area contributed by atoms with Crippen LogP contribution < -0.4 is 5.32 Å². The maximum absolute atomic E-state index is 12.6. The highest BCUT2D eigenvalue weighted by atomic mass is 32.1. The summed E-state index contributed by atoms with van der Waals surface area (Å²) in [5.74, 6) is -2.24. The number of amides is 1. The Bertz CT molecular complexity index is 841. The van der Waals surface area contributed by atoms with Gasteiger partial charge in [0.2, 0.25) is 5.91 Å². The molecule has 0 saturated heterocycles. The first-order valence-electron chi connectivity index (χ1n) is 7.63. The molecule has 0 radical (unpaired) electrons. The van der Waals surface area contributed by atoms with E-state index in [0.29, 0.717) is 5.13 Å². The number of carboxylic acid groups (broad SMARTS) is 1. The van der Waals surface area contributed by atoms with Gasteiger partial charge in [-0.05, 0) is 36.8 Å². The lowest BCUT2D eigenvalue weighted by molar-refractivity contribution is -0.146. The van der Waals surface area contributed by atoms with Crippen LogP contribution in [0.15, 0.2) is 30.4 Å². The van der Waals surface area contributed by atoms with E-state index in [4.69, 9.17) is 0 Å². The fourth-order valence-electron chi connectivity index (χ4n) is 3.84. The number of aliphatic carboxylic acids is 1. The molecule has 23 heavy (non-hydrogen) atoms. The maximum atomic E-state index is 12.6. The Hall–Kier alpha value is -2.21. The molecule has 1 aromatic heterocycles. The van der Waals surface area contributed by atoms with Crippen LogP contribution >= 0.6 is 11.3 Å². The largest absolute Gasteiger partial charge is 0.481 e. The van der Waals surface area contributed by atoms with Gasteiger partial charge < -0.3 is 10.4 Å². The van der Waals surface area contributed by atoms with Crippen LogP contribution in [0.25, 0.3) is 10.2 Å². The van der Waals surface area contributed by atoms with Gasteiger partial charge in [-0.2, -0.15) is 0 Å². The average Bonchev–Trinajstić information content (AvgIpc) is 3.19. The van der Waals surface area contributed by atoms with Crippen molar-refractivity contribution in [3.05, 3.63) is 35.9 Å². The number of carboxylic acids is 1. The van der Waals surface area contributed by atoms with Gasteiger partial charge in [0.05, 0.1) is 22.1 Å². The van der Waals surface area contributed by atoms with Crippen LogP contribution in [-0.4, -0.2) is 22.0 Å². The number of aromatic nitrogens is 1. The summed E-state index contributed by atoms with van der Waals surface area (Å²) in [6.07, 6.45) is 4.68. The number of fused-ring (bicyclic) bond motifs is 3. The third kappa shape index (κ3) is 2.25. The van der Waals surface area contributed by atoms with E-state index in [1.165, 1.54) is 11.3 Å². The van der Waals surface area contributed by atoms with Gasteiger partial charge in [0, 0.05) is 0 Å². The fraction of sp³-hybridized carbons (Fsp3) is 0.353. The summed E-state index contributed by atoms with van der Waals surface area (Å²) in [4.78, 5) is 28.6. The number of carbonyl (C=O) groups is 2. The van der Waals surface area contributed by atoms with Gasteiger partial charge in [-0.3, -0.25) is 9.59 Å². The average molecular weight is 328 g/mol. The van der Waals surface area contributed by atoms with Crippen molar-refractivity contribution in [3.8, 4) is 0 Å². The van der Waals surface area contributed by atoms with Crippen molar-refractivity contribution in [3.63, 3.8) is 0 Å². The van der Waals surface area contributed by atoms with Crippen molar-refractivity contribution in [2.75, 3.05) is 5.32 Å². The maximum Gasteiger partial charge on any atom is 0.307 e. The zero-order valence-electron chi connectivity index (χ0n) is 12.5. The second-order valence-corrected chi connectivity index (χ2v) is 7.30. The quantitative estimate of drug-likeness (QED) is 0.849. The summed E-state index contributed by atoms with van der Waals surface area (Å²) in [5, 5.41) is 12.8. The first-order chi connectivity index (χ1) is 11.0. The number of benzene rings is 1. The van der Waals surface area contributed by atoms with Crippen molar-refractivity contribution in [2.45, 2.75) is 13.3 Å². The molecule has 2 bridgehead atoms. The van der Waals surface area contributed by atoms with Crippen LogP contribution in [0.4, 0.5) is 5.13 Å². The number of hydrogen-bond donors (Lipinski definition) is 2. The van der Waals surface area contributed by atoms with E-state index in [1.54, 1.807) is 0 Å². The molecule has 2 N–H and O–H groups in total. The van der Waals surface area contributed by atoms with Gasteiger partial charge in [-0.15, -0.1) is 0 Å². The van der Waals surface area contributed by atoms with Crippen molar-refractivity contribution in [2.24, 2.45) is 23.7 Å². The monoisotopic (exact) mass is 328 g/mol. The third-order valence-corrected chi connectivity index (χ3v) is 5.83. The number of anilines is 1. The van der Waals surface area contributed by atoms with Crippen LogP contribution in [-0.2, 0) is 9.59 Å². The summed E-state index contributed by atoms with van der Waals surface area (Å²) < 4.78 is 1.02. The van der Waals surface area contributed by atoms with Crippen molar-refractivity contribution < 1.29 is 14.7 Å². The van der Waals surface area contributed by atoms with Crippen molar-refractivity contribution >= 4 is 38.6 Å². The number of carbonyl (C=O) groups excluding carboxylic acids is 1. The van der Waals surface area contributed by atoms with Crippen LogP contribution in [0.3, 0.4) is 0 Å². The van der Waals surface area contributed by atoms with Crippen LogP contribution in [0.1, 0.15) is 12.0 Å². The second kappa shape index (κ2) is 5.16. The summed E-state index contributed by atoms with van der Waals surface area (Å²) in [6.45, 7) is 1.98. The van der Waals surface area contributed by atoms with Crippen LogP contribution in [0.5, 0.6) is 0 Å². The molecule has 1 amide bonds. The Morgan fingerprint density at radius 2 is 2.00 bits per heavy atom. The summed E-state index contributed by atoms with van der Waals surface area (Å²) in [5.41, 5.74) is 1.95. The van der Waals surface area contributed by atoms with Gasteiger partial charge in [0.1, 0.15) is 0 Å². The Balaban J connectivity index is 1.60. The number of hydrogen-bond acceptors (Lipinski definition) is 4. The molecule has 1 aromatic carbocycles. The number of rotatable bonds is 3. The minimum atomic E-state index is -0.887. The lowest BCUT2D eigenvalue weighted by atomic mass is 9.82. The third-order valence-electron chi connectivity index (χ3n) is 4.90. The highest BCUT2D eigenvalue weighted by Crippen LogP contribution is 2.48. The molecule has 0 aliphatic heterocycles. The molecule has 118 valence electrons. The molecular weight excluding hydrogens is 312 g/mol. The molecule has 1 saturated carbocycles. The van der Waals surface area contributed by atoms with Gasteiger partial charge >= 0.3 is 5.97 Å². The highest BCUT2D eigenvalue weighted by Gasteiger charge is 2.51. The van der Waals surface area contributed by atoms with Gasteiger partial charge in [-0.1, -0.05) is 35.6 Å². The molecule has 2 aliphatic rings. The van der Waals surface area contributed by atoms with Gasteiger partial charge in [0.15, 0.2) is 5.13 Å². The molecular formula is C17H16N2O3S. The Labute approximate surface area is 137 Å². The molecule has 4 atom stereocenters.